The summed E-state index contributed by atoms with van der Waals surface area (Å²) in [7, 11) is 0. The average Bonchev–Trinajstić information content (AvgIpc) is 2.73. The van der Waals surface area contributed by atoms with E-state index >= 15 is 0 Å². The molecule has 0 atom stereocenters. The van der Waals surface area contributed by atoms with E-state index in [0.29, 0.717) is 27.7 Å². The highest BCUT2D eigenvalue weighted by atomic mass is 35.5. The zero-order valence-electron chi connectivity index (χ0n) is 16.1. The summed E-state index contributed by atoms with van der Waals surface area (Å²) in [5, 5.41) is 7.02. The van der Waals surface area contributed by atoms with E-state index < -0.39 is 0 Å². The molecule has 4 rings (SSSR count). The van der Waals surface area contributed by atoms with Gasteiger partial charge < -0.3 is 10.6 Å². The molecule has 4 aromatic rings. The van der Waals surface area contributed by atoms with Crippen molar-refractivity contribution < 1.29 is 9.59 Å². The van der Waals surface area contributed by atoms with Crippen LogP contribution in [-0.4, -0.2) is 16.8 Å². The van der Waals surface area contributed by atoms with Crippen molar-refractivity contribution in [2.24, 2.45) is 0 Å². The molecular formula is C24H18ClN3O2. The zero-order valence-corrected chi connectivity index (χ0v) is 16.9. The Hall–Kier alpha value is -3.70. The predicted octanol–water partition coefficient (Wildman–Crippen LogP) is 5.77. The number of anilines is 2. The van der Waals surface area contributed by atoms with Crippen LogP contribution < -0.4 is 10.6 Å². The van der Waals surface area contributed by atoms with Crippen molar-refractivity contribution in [1.29, 1.82) is 0 Å². The first-order valence-electron chi connectivity index (χ1n) is 9.34. The molecule has 2 amide bonds. The van der Waals surface area contributed by atoms with Crippen molar-refractivity contribution >= 4 is 45.7 Å². The van der Waals surface area contributed by atoms with E-state index in [2.05, 4.69) is 10.6 Å². The number of halogens is 1. The summed E-state index contributed by atoms with van der Waals surface area (Å²) in [4.78, 5) is 29.1. The van der Waals surface area contributed by atoms with Gasteiger partial charge in [-0.05, 0) is 42.5 Å². The predicted molar refractivity (Wildman–Crippen MR) is 121 cm³/mol. The molecule has 0 spiro atoms. The van der Waals surface area contributed by atoms with Gasteiger partial charge in [0.15, 0.2) is 0 Å². The number of hydrogen-bond acceptors (Lipinski definition) is 3. The number of pyridine rings is 1. The van der Waals surface area contributed by atoms with Crippen molar-refractivity contribution in [2.45, 2.75) is 6.92 Å². The second-order valence-corrected chi connectivity index (χ2v) is 7.23. The summed E-state index contributed by atoms with van der Waals surface area (Å²) in [6.45, 7) is 1.44. The molecule has 1 aromatic heterocycles. The standard InChI is InChI=1S/C24H18ClN3O2/c1-15(29)26-18-5-4-6-19(13-18)27-24(30)21-14-23(16-9-11-17(25)12-10-16)28-22-8-3-2-7-20(21)22/h2-14H,1H3,(H,26,29)(H,27,30). The van der Waals surface area contributed by atoms with Gasteiger partial charge in [0.2, 0.25) is 5.91 Å². The number of nitrogens with one attached hydrogen (secondary N) is 2. The van der Waals surface area contributed by atoms with Gasteiger partial charge in [-0.1, -0.05) is 48.0 Å². The highest BCUT2D eigenvalue weighted by Gasteiger charge is 2.14. The molecule has 6 heteroatoms. The minimum Gasteiger partial charge on any atom is -0.326 e. The minimum absolute atomic E-state index is 0.175. The van der Waals surface area contributed by atoms with Gasteiger partial charge in [0.25, 0.3) is 5.91 Å². The Balaban J connectivity index is 1.73. The Morgan fingerprint density at radius 3 is 2.27 bits per heavy atom. The van der Waals surface area contributed by atoms with Crippen LogP contribution >= 0.6 is 11.6 Å². The third-order valence-corrected chi connectivity index (χ3v) is 4.79. The molecule has 3 aromatic carbocycles. The molecule has 0 aliphatic carbocycles. The SMILES string of the molecule is CC(=O)Nc1cccc(NC(=O)c2cc(-c3ccc(Cl)cc3)nc3ccccc23)c1. The van der Waals surface area contributed by atoms with E-state index in [1.807, 2.05) is 36.4 Å². The molecule has 0 saturated heterocycles. The largest absolute Gasteiger partial charge is 0.326 e. The Labute approximate surface area is 178 Å². The molecule has 1 heterocycles. The van der Waals surface area contributed by atoms with E-state index in [9.17, 15) is 9.59 Å². The molecule has 5 nitrogen and oxygen atoms in total. The fourth-order valence-corrected chi connectivity index (χ4v) is 3.33. The molecule has 0 radical (unpaired) electrons. The Morgan fingerprint density at radius 1 is 0.833 bits per heavy atom. The maximum atomic E-state index is 13.2. The summed E-state index contributed by atoms with van der Waals surface area (Å²) in [6.07, 6.45) is 0. The van der Waals surface area contributed by atoms with Gasteiger partial charge in [-0.15, -0.1) is 0 Å². The van der Waals surface area contributed by atoms with Gasteiger partial charge in [0.1, 0.15) is 0 Å². The van der Waals surface area contributed by atoms with Crippen LogP contribution in [-0.2, 0) is 4.79 Å². The Morgan fingerprint density at radius 2 is 1.53 bits per heavy atom. The zero-order chi connectivity index (χ0) is 21.1. The molecule has 148 valence electrons. The fourth-order valence-electron chi connectivity index (χ4n) is 3.21. The number of rotatable bonds is 4. The highest BCUT2D eigenvalue weighted by Crippen LogP contribution is 2.27. The number of carbonyl (C=O) groups excluding carboxylic acids is 2. The lowest BCUT2D eigenvalue weighted by atomic mass is 10.0. The van der Waals surface area contributed by atoms with Gasteiger partial charge in [-0.25, -0.2) is 4.98 Å². The van der Waals surface area contributed by atoms with E-state index in [0.717, 1.165) is 16.5 Å². The lowest BCUT2D eigenvalue weighted by Gasteiger charge is -2.12. The first-order valence-corrected chi connectivity index (χ1v) is 9.72. The maximum Gasteiger partial charge on any atom is 0.256 e. The van der Waals surface area contributed by atoms with Crippen LogP contribution in [0.2, 0.25) is 5.02 Å². The first-order chi connectivity index (χ1) is 14.5. The van der Waals surface area contributed by atoms with Crippen molar-refractivity contribution in [3.05, 3.63) is 89.4 Å². The quantitative estimate of drug-likeness (QED) is 0.444. The maximum absolute atomic E-state index is 13.2. The van der Waals surface area contributed by atoms with E-state index in [-0.39, 0.29) is 11.8 Å². The average molecular weight is 416 g/mol. The summed E-state index contributed by atoms with van der Waals surface area (Å²) in [6, 6.07) is 23.6. The van der Waals surface area contributed by atoms with Crippen molar-refractivity contribution in [3.63, 3.8) is 0 Å². The van der Waals surface area contributed by atoms with Crippen LogP contribution in [0.1, 0.15) is 17.3 Å². The number of carbonyl (C=O) groups is 2. The normalized spacial score (nSPS) is 10.6. The monoisotopic (exact) mass is 415 g/mol. The smallest absolute Gasteiger partial charge is 0.256 e. The summed E-state index contributed by atoms with van der Waals surface area (Å²) in [5.41, 5.74) is 3.98. The molecule has 2 N–H and O–H groups in total. The Kier molecular flexibility index (Phi) is 5.46. The molecule has 30 heavy (non-hydrogen) atoms. The van der Waals surface area contributed by atoms with Crippen LogP contribution in [0.4, 0.5) is 11.4 Å². The van der Waals surface area contributed by atoms with E-state index in [1.165, 1.54) is 6.92 Å². The topological polar surface area (TPSA) is 71.1 Å². The molecular weight excluding hydrogens is 398 g/mol. The third kappa shape index (κ3) is 4.31. The van der Waals surface area contributed by atoms with Gasteiger partial charge >= 0.3 is 0 Å². The van der Waals surface area contributed by atoms with Crippen molar-refractivity contribution in [3.8, 4) is 11.3 Å². The third-order valence-electron chi connectivity index (χ3n) is 4.54. The second kappa shape index (κ2) is 8.35. The van der Waals surface area contributed by atoms with Crippen molar-refractivity contribution in [1.82, 2.24) is 4.98 Å². The molecule has 0 aliphatic rings. The number of amides is 2. The van der Waals surface area contributed by atoms with Gasteiger partial charge in [0, 0.05) is 34.3 Å². The van der Waals surface area contributed by atoms with Crippen molar-refractivity contribution in [2.75, 3.05) is 10.6 Å². The number of para-hydroxylation sites is 1. The number of benzene rings is 3. The molecule has 0 fully saturated rings. The number of hydrogen-bond donors (Lipinski definition) is 2. The van der Waals surface area contributed by atoms with Crippen LogP contribution in [0.15, 0.2) is 78.9 Å². The Bertz CT molecular complexity index is 1250. The van der Waals surface area contributed by atoms with Gasteiger partial charge in [-0.3, -0.25) is 9.59 Å². The summed E-state index contributed by atoms with van der Waals surface area (Å²) in [5.74, 6) is -0.435. The summed E-state index contributed by atoms with van der Waals surface area (Å²) >= 11 is 6.00. The van der Waals surface area contributed by atoms with E-state index in [4.69, 9.17) is 16.6 Å². The highest BCUT2D eigenvalue weighted by molar-refractivity contribution is 6.30. The molecule has 0 bridgehead atoms. The van der Waals surface area contributed by atoms with E-state index in [1.54, 1.807) is 42.5 Å². The summed E-state index contributed by atoms with van der Waals surface area (Å²) < 4.78 is 0. The molecule has 0 unspecified atom stereocenters. The van der Waals surface area contributed by atoms with Crippen LogP contribution in [0.3, 0.4) is 0 Å². The van der Waals surface area contributed by atoms with Crippen LogP contribution in [0, 0.1) is 0 Å². The van der Waals surface area contributed by atoms with Gasteiger partial charge in [-0.2, -0.15) is 0 Å². The lowest BCUT2D eigenvalue weighted by molar-refractivity contribution is -0.114. The first kappa shape index (κ1) is 19.6. The molecule has 0 aliphatic heterocycles. The number of aromatic nitrogens is 1. The second-order valence-electron chi connectivity index (χ2n) is 6.80. The van der Waals surface area contributed by atoms with Crippen LogP contribution in [0.25, 0.3) is 22.2 Å². The fraction of sp³-hybridized carbons (Fsp3) is 0.0417. The number of fused-ring (bicyclic) bond motifs is 1. The molecule has 0 saturated carbocycles. The minimum atomic E-state index is -0.260. The van der Waals surface area contributed by atoms with Crippen LogP contribution in [0.5, 0.6) is 0 Å². The number of nitrogens with zero attached hydrogens (tertiary/aromatic N) is 1. The lowest BCUT2D eigenvalue weighted by Crippen LogP contribution is -2.13. The van der Waals surface area contributed by atoms with Gasteiger partial charge in [0.05, 0.1) is 16.8 Å².